The molecule has 0 aliphatic carbocycles. The molecule has 0 bridgehead atoms. The van der Waals surface area contributed by atoms with Crippen molar-refractivity contribution in [2.24, 2.45) is 0 Å². The Hall–Kier alpha value is -2.57. The van der Waals surface area contributed by atoms with E-state index in [2.05, 4.69) is 15.3 Å². The maximum Gasteiger partial charge on any atom is 0.407 e. The van der Waals surface area contributed by atoms with E-state index in [4.69, 9.17) is 9.84 Å². The molecule has 7 nitrogen and oxygen atoms in total. The van der Waals surface area contributed by atoms with Gasteiger partial charge in [0, 0.05) is 17.3 Å². The van der Waals surface area contributed by atoms with Crippen molar-refractivity contribution in [1.29, 1.82) is 0 Å². The van der Waals surface area contributed by atoms with Gasteiger partial charge in [0.25, 0.3) is 0 Å². The number of rotatable bonds is 3. The van der Waals surface area contributed by atoms with E-state index >= 15 is 0 Å². The Bertz CT molecular complexity index is 685. The first kappa shape index (κ1) is 14.8. The molecule has 0 radical (unpaired) electrons. The number of hydrogen-bond acceptors (Lipinski definition) is 4. The van der Waals surface area contributed by atoms with Crippen LogP contribution in [0.25, 0.3) is 11.0 Å². The van der Waals surface area contributed by atoms with E-state index in [1.165, 1.54) is 12.3 Å². The molecule has 2 rings (SSSR count). The second-order valence-electron chi connectivity index (χ2n) is 5.62. The third-order valence-electron chi connectivity index (χ3n) is 2.59. The molecule has 0 aromatic carbocycles. The molecule has 0 fully saturated rings. The Morgan fingerprint density at radius 3 is 2.71 bits per heavy atom. The van der Waals surface area contributed by atoms with Gasteiger partial charge >= 0.3 is 12.1 Å². The minimum atomic E-state index is -1.03. The molecule has 0 spiro atoms. The highest BCUT2D eigenvalue weighted by atomic mass is 16.6. The highest BCUT2D eigenvalue weighted by Gasteiger charge is 2.16. The van der Waals surface area contributed by atoms with Crippen LogP contribution in [-0.4, -0.2) is 32.7 Å². The normalized spacial score (nSPS) is 11.4. The number of aromatic carboxylic acids is 1. The molecule has 112 valence electrons. The highest BCUT2D eigenvalue weighted by Crippen LogP contribution is 2.15. The molecule has 0 saturated heterocycles. The number of amides is 1. The van der Waals surface area contributed by atoms with E-state index in [9.17, 15) is 9.59 Å². The van der Waals surface area contributed by atoms with Gasteiger partial charge in [0.2, 0.25) is 0 Å². The molecule has 21 heavy (non-hydrogen) atoms. The standard InChI is InChI=1S/C14H17N3O4/c1-14(2,3)21-13(20)16-7-10-5-8-4-9(12(18)19)6-15-11(8)17-10/h4-6H,7H2,1-3H3,(H,15,17)(H,16,20)(H,18,19). The molecule has 7 heteroatoms. The van der Waals surface area contributed by atoms with Crippen molar-refractivity contribution in [2.45, 2.75) is 32.9 Å². The molecular formula is C14H17N3O4. The van der Waals surface area contributed by atoms with Crippen LogP contribution in [0.1, 0.15) is 36.8 Å². The number of carboxylic acids is 1. The van der Waals surface area contributed by atoms with Gasteiger partial charge in [-0.3, -0.25) is 0 Å². The lowest BCUT2D eigenvalue weighted by Crippen LogP contribution is -2.32. The highest BCUT2D eigenvalue weighted by molar-refractivity contribution is 5.91. The summed E-state index contributed by atoms with van der Waals surface area (Å²) in [5.74, 6) is -1.03. The molecule has 0 aliphatic rings. The van der Waals surface area contributed by atoms with E-state index in [1.807, 2.05) is 0 Å². The number of carbonyl (C=O) groups excluding carboxylic acids is 1. The van der Waals surface area contributed by atoms with Gasteiger partial charge < -0.3 is 20.1 Å². The van der Waals surface area contributed by atoms with Crippen LogP contribution in [0.3, 0.4) is 0 Å². The molecule has 0 aliphatic heterocycles. The van der Waals surface area contributed by atoms with Gasteiger partial charge in [-0.25, -0.2) is 14.6 Å². The van der Waals surface area contributed by atoms with Crippen molar-refractivity contribution in [3.05, 3.63) is 29.6 Å². The van der Waals surface area contributed by atoms with Crippen molar-refractivity contribution in [2.75, 3.05) is 0 Å². The maximum atomic E-state index is 11.6. The van der Waals surface area contributed by atoms with Crippen molar-refractivity contribution >= 4 is 23.1 Å². The van der Waals surface area contributed by atoms with Gasteiger partial charge in [0.05, 0.1) is 12.1 Å². The topological polar surface area (TPSA) is 104 Å². The van der Waals surface area contributed by atoms with Crippen molar-refractivity contribution in [1.82, 2.24) is 15.3 Å². The Balaban J connectivity index is 2.06. The Morgan fingerprint density at radius 1 is 1.38 bits per heavy atom. The van der Waals surface area contributed by atoms with Crippen LogP contribution >= 0.6 is 0 Å². The molecule has 0 unspecified atom stereocenters. The monoisotopic (exact) mass is 291 g/mol. The number of aromatic nitrogens is 2. The van der Waals surface area contributed by atoms with Gasteiger partial charge in [-0.1, -0.05) is 0 Å². The predicted octanol–water partition coefficient (Wildman–Crippen LogP) is 2.29. The molecule has 3 N–H and O–H groups in total. The summed E-state index contributed by atoms with van der Waals surface area (Å²) in [7, 11) is 0. The van der Waals surface area contributed by atoms with E-state index in [0.29, 0.717) is 16.7 Å². The van der Waals surface area contributed by atoms with Gasteiger partial charge in [0.15, 0.2) is 0 Å². The molecule has 1 amide bonds. The minimum absolute atomic E-state index is 0.119. The lowest BCUT2D eigenvalue weighted by atomic mass is 10.2. The first-order valence-corrected chi connectivity index (χ1v) is 6.42. The van der Waals surface area contributed by atoms with Crippen LogP contribution < -0.4 is 5.32 Å². The van der Waals surface area contributed by atoms with Gasteiger partial charge in [0.1, 0.15) is 11.2 Å². The largest absolute Gasteiger partial charge is 0.478 e. The van der Waals surface area contributed by atoms with Gasteiger partial charge in [-0.05, 0) is 32.9 Å². The summed E-state index contributed by atoms with van der Waals surface area (Å²) in [5, 5.41) is 12.2. The van der Waals surface area contributed by atoms with Crippen LogP contribution in [0.4, 0.5) is 4.79 Å². The number of ether oxygens (including phenoxy) is 1. The van der Waals surface area contributed by atoms with Crippen LogP contribution in [0.15, 0.2) is 18.3 Å². The van der Waals surface area contributed by atoms with Crippen LogP contribution in [-0.2, 0) is 11.3 Å². The molecular weight excluding hydrogens is 274 g/mol. The smallest absolute Gasteiger partial charge is 0.407 e. The lowest BCUT2D eigenvalue weighted by Gasteiger charge is -2.19. The number of hydrogen-bond donors (Lipinski definition) is 3. The summed E-state index contributed by atoms with van der Waals surface area (Å²) in [6.45, 7) is 5.60. The van der Waals surface area contributed by atoms with Gasteiger partial charge in [-0.2, -0.15) is 0 Å². The number of pyridine rings is 1. The summed E-state index contributed by atoms with van der Waals surface area (Å²) >= 11 is 0. The second-order valence-corrected chi connectivity index (χ2v) is 5.62. The SMILES string of the molecule is CC(C)(C)OC(=O)NCc1cc2cc(C(=O)O)cnc2[nH]1. The lowest BCUT2D eigenvalue weighted by molar-refractivity contribution is 0.0522. The number of alkyl carbamates (subject to hydrolysis) is 1. The average Bonchev–Trinajstić information content (AvgIpc) is 2.75. The van der Waals surface area contributed by atoms with Crippen molar-refractivity contribution in [3.8, 4) is 0 Å². The first-order valence-electron chi connectivity index (χ1n) is 6.42. The molecule has 2 aromatic heterocycles. The molecule has 2 heterocycles. The Labute approximate surface area is 121 Å². The summed E-state index contributed by atoms with van der Waals surface area (Å²) in [6.07, 6.45) is 0.770. The fourth-order valence-corrected chi connectivity index (χ4v) is 1.77. The number of nitrogens with zero attached hydrogens (tertiary/aromatic N) is 1. The summed E-state index contributed by atoms with van der Waals surface area (Å²) in [4.78, 5) is 29.5. The van der Waals surface area contributed by atoms with Crippen LogP contribution in [0, 0.1) is 0 Å². The minimum Gasteiger partial charge on any atom is -0.478 e. The fourth-order valence-electron chi connectivity index (χ4n) is 1.77. The molecule has 0 atom stereocenters. The number of nitrogens with one attached hydrogen (secondary N) is 2. The predicted molar refractivity (Wildman–Crippen MR) is 76.1 cm³/mol. The van der Waals surface area contributed by atoms with E-state index < -0.39 is 17.7 Å². The fraction of sp³-hybridized carbons (Fsp3) is 0.357. The van der Waals surface area contributed by atoms with E-state index in [0.717, 1.165) is 0 Å². The third kappa shape index (κ3) is 3.95. The maximum absolute atomic E-state index is 11.6. The van der Waals surface area contributed by atoms with Crippen molar-refractivity contribution in [3.63, 3.8) is 0 Å². The van der Waals surface area contributed by atoms with E-state index in [1.54, 1.807) is 26.8 Å². The Morgan fingerprint density at radius 2 is 2.10 bits per heavy atom. The average molecular weight is 291 g/mol. The van der Waals surface area contributed by atoms with E-state index in [-0.39, 0.29) is 12.1 Å². The number of aromatic amines is 1. The zero-order chi connectivity index (χ0) is 15.6. The Kier molecular flexibility index (Phi) is 3.84. The van der Waals surface area contributed by atoms with Crippen LogP contribution in [0.2, 0.25) is 0 Å². The number of fused-ring (bicyclic) bond motifs is 1. The van der Waals surface area contributed by atoms with Crippen molar-refractivity contribution < 1.29 is 19.4 Å². The summed E-state index contributed by atoms with van der Waals surface area (Å²) in [6, 6.07) is 3.27. The summed E-state index contributed by atoms with van der Waals surface area (Å²) < 4.78 is 5.13. The molecule has 0 saturated carbocycles. The number of H-pyrrole nitrogens is 1. The quantitative estimate of drug-likeness (QED) is 0.804. The zero-order valence-corrected chi connectivity index (χ0v) is 12.1. The van der Waals surface area contributed by atoms with Crippen LogP contribution in [0.5, 0.6) is 0 Å². The number of carboxylic acid groups (broad SMARTS) is 1. The van der Waals surface area contributed by atoms with Gasteiger partial charge in [-0.15, -0.1) is 0 Å². The zero-order valence-electron chi connectivity index (χ0n) is 12.1. The number of carbonyl (C=O) groups is 2. The third-order valence-corrected chi connectivity index (χ3v) is 2.59. The first-order chi connectivity index (χ1) is 9.74. The molecule has 2 aromatic rings. The summed E-state index contributed by atoms with van der Waals surface area (Å²) in [5.41, 5.74) is 0.850. The second kappa shape index (κ2) is 5.43.